The highest BCUT2D eigenvalue weighted by Gasteiger charge is 1.79. The number of benzene rings is 1. The predicted octanol–water partition coefficient (Wildman–Crippen LogP) is 5.13. The van der Waals surface area contributed by atoms with Gasteiger partial charge in [-0.1, -0.05) is 77.8 Å². The molecule has 0 aliphatic carbocycles. The molecule has 0 aliphatic heterocycles. The maximum absolute atomic E-state index is 8.63. The monoisotopic (exact) mass is 280 g/mol. The van der Waals surface area contributed by atoms with Gasteiger partial charge in [0.15, 0.2) is 4.30 Å². The van der Waals surface area contributed by atoms with Gasteiger partial charge in [0.2, 0.25) is 0 Å². The van der Waals surface area contributed by atoms with Crippen molar-refractivity contribution in [2.45, 2.75) is 11.2 Å². The number of rotatable bonds is 1. The molecule has 90 valence electrons. The quantitative estimate of drug-likeness (QED) is 0.559. The summed E-state index contributed by atoms with van der Waals surface area (Å²) in [5, 5.41) is 8.63. The van der Waals surface area contributed by atoms with Crippen LogP contribution in [0.25, 0.3) is 0 Å². The lowest BCUT2D eigenvalue weighted by Crippen LogP contribution is -1.56. The summed E-state index contributed by atoms with van der Waals surface area (Å²) in [6.45, 7) is 8.93. The van der Waals surface area contributed by atoms with E-state index in [1.165, 1.54) is 0 Å². The van der Waals surface area contributed by atoms with Crippen LogP contribution in [0.15, 0.2) is 55.1 Å². The lowest BCUT2D eigenvalue weighted by Gasteiger charge is -1.82. The van der Waals surface area contributed by atoms with Crippen LogP contribution in [0.4, 0.5) is 0 Å². The second-order valence-corrected chi connectivity index (χ2v) is 4.61. The summed E-state index contributed by atoms with van der Waals surface area (Å²) in [5.74, 6) is 0.322. The van der Waals surface area contributed by atoms with E-state index in [0.29, 0.717) is 5.75 Å². The Morgan fingerprint density at radius 1 is 1.25 bits per heavy atom. The van der Waals surface area contributed by atoms with Gasteiger partial charge in [-0.05, 0) is 19.1 Å². The van der Waals surface area contributed by atoms with Crippen molar-refractivity contribution in [3.63, 3.8) is 0 Å². The van der Waals surface area contributed by atoms with Crippen molar-refractivity contribution in [2.75, 3.05) is 0 Å². The highest BCUT2D eigenvalue weighted by molar-refractivity contribution is 6.63. The number of allylic oxidation sites excluding steroid dienone is 2. The molecule has 0 saturated carbocycles. The number of phenolic OH excluding ortho intramolecular Hbond substituents is 1. The van der Waals surface area contributed by atoms with Crippen molar-refractivity contribution >= 4 is 34.8 Å². The van der Waals surface area contributed by atoms with Gasteiger partial charge in [0.05, 0.1) is 0 Å². The van der Waals surface area contributed by atoms with Crippen LogP contribution in [0.1, 0.15) is 6.92 Å². The van der Waals surface area contributed by atoms with Gasteiger partial charge in [0.25, 0.3) is 0 Å². The molecule has 0 amide bonds. The molecule has 16 heavy (non-hydrogen) atoms. The van der Waals surface area contributed by atoms with E-state index >= 15 is 0 Å². The first-order valence-corrected chi connectivity index (χ1v) is 5.65. The van der Waals surface area contributed by atoms with Crippen LogP contribution in [0, 0.1) is 0 Å². The van der Waals surface area contributed by atoms with Crippen LogP contribution in [0.2, 0.25) is 0 Å². The standard InChI is InChI=1S/C6H6O.C5H8.CHCl3/c7-6-4-2-1-3-5-6;1-4-5(2)3;2-1(3)4/h1-5,7H;4H,1-2H2,3H3;1H. The normalized spacial score (nSPS) is 8.06. The molecule has 0 aromatic heterocycles. The number of phenols is 1. The zero-order valence-corrected chi connectivity index (χ0v) is 11.3. The Morgan fingerprint density at radius 2 is 1.56 bits per heavy atom. The fraction of sp³-hybridized carbons (Fsp3) is 0.167. The fourth-order valence-electron chi connectivity index (χ4n) is 0.428. The van der Waals surface area contributed by atoms with Gasteiger partial charge < -0.3 is 5.11 Å². The lowest BCUT2D eigenvalue weighted by atomic mass is 10.3. The Bertz CT molecular complexity index is 281. The van der Waals surface area contributed by atoms with Crippen LogP contribution in [-0.2, 0) is 0 Å². The minimum Gasteiger partial charge on any atom is -0.508 e. The molecule has 1 aromatic carbocycles. The van der Waals surface area contributed by atoms with Crippen LogP contribution in [0.5, 0.6) is 5.75 Å². The van der Waals surface area contributed by atoms with Gasteiger partial charge in [0.1, 0.15) is 5.75 Å². The van der Waals surface area contributed by atoms with Crippen molar-refractivity contribution in [2.24, 2.45) is 0 Å². The van der Waals surface area contributed by atoms with Gasteiger partial charge >= 0.3 is 0 Å². The van der Waals surface area contributed by atoms with E-state index in [9.17, 15) is 0 Å². The van der Waals surface area contributed by atoms with Crippen molar-refractivity contribution in [3.05, 3.63) is 55.1 Å². The van der Waals surface area contributed by atoms with Gasteiger partial charge in [-0.25, -0.2) is 0 Å². The summed E-state index contributed by atoms with van der Waals surface area (Å²) >= 11 is 14.4. The van der Waals surface area contributed by atoms with E-state index in [-0.39, 0.29) is 0 Å². The molecule has 0 aliphatic rings. The average molecular weight is 282 g/mol. The Labute approximate surface area is 112 Å². The van der Waals surface area contributed by atoms with E-state index in [4.69, 9.17) is 39.9 Å². The van der Waals surface area contributed by atoms with E-state index in [2.05, 4.69) is 13.2 Å². The van der Waals surface area contributed by atoms with Crippen LogP contribution in [0.3, 0.4) is 0 Å². The molecule has 0 saturated heterocycles. The average Bonchev–Trinajstić information content (AvgIpc) is 2.19. The number of hydrogen-bond acceptors (Lipinski definition) is 1. The molecule has 0 atom stereocenters. The van der Waals surface area contributed by atoms with Gasteiger partial charge in [-0.15, -0.1) is 0 Å². The first kappa shape index (κ1) is 17.8. The summed E-state index contributed by atoms with van der Waals surface area (Å²) in [6.07, 6.45) is 1.72. The van der Waals surface area contributed by atoms with Crippen molar-refractivity contribution in [3.8, 4) is 5.75 Å². The Kier molecular flexibility index (Phi) is 13.8. The summed E-state index contributed by atoms with van der Waals surface area (Å²) in [4.78, 5) is 0. The number of aromatic hydroxyl groups is 1. The zero-order valence-electron chi connectivity index (χ0n) is 9.04. The van der Waals surface area contributed by atoms with Crippen molar-refractivity contribution in [1.82, 2.24) is 0 Å². The summed E-state index contributed by atoms with van der Waals surface area (Å²) in [5.41, 5.74) is 1.02. The fourth-order valence-corrected chi connectivity index (χ4v) is 0.428. The maximum Gasteiger partial charge on any atom is 0.180 e. The third kappa shape index (κ3) is 23.3. The summed E-state index contributed by atoms with van der Waals surface area (Å²) in [6, 6.07) is 8.71. The van der Waals surface area contributed by atoms with Crippen molar-refractivity contribution in [1.29, 1.82) is 0 Å². The first-order chi connectivity index (χ1) is 7.40. The second kappa shape index (κ2) is 12.4. The predicted molar refractivity (Wildman–Crippen MR) is 74.5 cm³/mol. The molecule has 0 unspecified atom stereocenters. The van der Waals surface area contributed by atoms with Gasteiger partial charge in [-0.2, -0.15) is 0 Å². The SMILES string of the molecule is C=CC(=C)C.ClC(Cl)Cl.Oc1ccccc1. The third-order valence-electron chi connectivity index (χ3n) is 1.10. The number of halogens is 3. The topological polar surface area (TPSA) is 20.2 Å². The molecule has 0 heterocycles. The number of alkyl halides is 3. The Morgan fingerprint density at radius 3 is 1.69 bits per heavy atom. The zero-order chi connectivity index (χ0) is 13.0. The molecular formula is C12H15Cl3O. The Balaban J connectivity index is 0. The molecule has 1 rings (SSSR count). The molecule has 4 heteroatoms. The maximum atomic E-state index is 8.63. The van der Waals surface area contributed by atoms with E-state index in [1.54, 1.807) is 30.3 Å². The number of hydrogen-bond donors (Lipinski definition) is 1. The van der Waals surface area contributed by atoms with Gasteiger partial charge in [0, 0.05) is 0 Å². The smallest absolute Gasteiger partial charge is 0.180 e. The highest BCUT2D eigenvalue weighted by atomic mass is 35.6. The minimum absolute atomic E-state index is 0.322. The highest BCUT2D eigenvalue weighted by Crippen LogP contribution is 2.03. The number of para-hydroxylation sites is 1. The molecule has 0 radical (unpaired) electrons. The minimum atomic E-state index is -0.750. The van der Waals surface area contributed by atoms with E-state index in [1.807, 2.05) is 13.0 Å². The van der Waals surface area contributed by atoms with Crippen LogP contribution < -0.4 is 0 Å². The van der Waals surface area contributed by atoms with Crippen molar-refractivity contribution < 1.29 is 5.11 Å². The molecule has 0 fully saturated rings. The van der Waals surface area contributed by atoms with Gasteiger partial charge in [-0.3, -0.25) is 0 Å². The largest absolute Gasteiger partial charge is 0.508 e. The molecule has 1 aromatic rings. The van der Waals surface area contributed by atoms with E-state index in [0.717, 1.165) is 5.57 Å². The molecule has 0 bridgehead atoms. The molecule has 1 nitrogen and oxygen atoms in total. The summed E-state index contributed by atoms with van der Waals surface area (Å²) < 4.78 is -0.750. The third-order valence-corrected chi connectivity index (χ3v) is 1.10. The second-order valence-electron chi connectivity index (χ2n) is 2.63. The Hall–Kier alpha value is -0.630. The summed E-state index contributed by atoms with van der Waals surface area (Å²) in [7, 11) is 0. The van der Waals surface area contributed by atoms with Crippen LogP contribution in [-0.4, -0.2) is 9.40 Å². The molecule has 1 N–H and O–H groups in total. The molecule has 0 spiro atoms. The van der Waals surface area contributed by atoms with Crippen LogP contribution >= 0.6 is 34.8 Å². The first-order valence-electron chi connectivity index (χ1n) is 4.34. The molecular weight excluding hydrogens is 266 g/mol. The lowest BCUT2D eigenvalue weighted by molar-refractivity contribution is 0.475. The van der Waals surface area contributed by atoms with E-state index < -0.39 is 4.30 Å².